The molecule has 7 nitrogen and oxygen atoms in total. The Morgan fingerprint density at radius 2 is 1.87 bits per heavy atom. The van der Waals surface area contributed by atoms with Crippen LogP contribution in [0.3, 0.4) is 0 Å². The fourth-order valence-corrected chi connectivity index (χ4v) is 3.71. The zero-order valence-corrected chi connectivity index (χ0v) is 16.3. The van der Waals surface area contributed by atoms with Crippen molar-refractivity contribution in [3.63, 3.8) is 0 Å². The van der Waals surface area contributed by atoms with Crippen molar-refractivity contribution < 1.29 is 4.79 Å². The molecule has 1 amide bonds. The maximum Gasteiger partial charge on any atom is 0.350 e. The van der Waals surface area contributed by atoms with E-state index in [2.05, 4.69) is 10.4 Å². The summed E-state index contributed by atoms with van der Waals surface area (Å²) >= 11 is 0. The number of nitrogens with one attached hydrogen (secondary N) is 1. The quantitative estimate of drug-likeness (QED) is 0.506. The third-order valence-electron chi connectivity index (χ3n) is 5.15. The summed E-state index contributed by atoms with van der Waals surface area (Å²) in [5.41, 5.74) is 3.56. The molecule has 0 spiro atoms. The first-order chi connectivity index (χ1) is 14.6. The Hall–Kier alpha value is -4.13. The lowest BCUT2D eigenvalue weighted by molar-refractivity contribution is 0.102. The van der Waals surface area contributed by atoms with Crippen LogP contribution in [0.15, 0.2) is 83.9 Å². The van der Waals surface area contributed by atoms with Crippen LogP contribution in [0.4, 0.5) is 5.69 Å². The van der Waals surface area contributed by atoms with Gasteiger partial charge >= 0.3 is 5.69 Å². The highest BCUT2D eigenvalue weighted by Crippen LogP contribution is 2.22. The van der Waals surface area contributed by atoms with Gasteiger partial charge in [-0.3, -0.25) is 9.20 Å². The number of carbonyl (C=O) groups is 1. The van der Waals surface area contributed by atoms with Crippen molar-refractivity contribution in [1.82, 2.24) is 18.7 Å². The van der Waals surface area contributed by atoms with E-state index < -0.39 is 0 Å². The average molecular weight is 397 g/mol. The number of carbonyl (C=O) groups excluding carboxylic acids is 1. The Morgan fingerprint density at radius 1 is 1.03 bits per heavy atom. The summed E-state index contributed by atoms with van der Waals surface area (Å²) < 4.78 is 4.86. The molecule has 30 heavy (non-hydrogen) atoms. The van der Waals surface area contributed by atoms with Gasteiger partial charge in [0.2, 0.25) is 0 Å². The topological polar surface area (TPSA) is 73.3 Å². The van der Waals surface area contributed by atoms with Gasteiger partial charge in [-0.25, -0.2) is 9.48 Å². The monoisotopic (exact) mass is 397 g/mol. The number of para-hydroxylation sites is 1. The van der Waals surface area contributed by atoms with Crippen molar-refractivity contribution in [2.45, 2.75) is 6.54 Å². The van der Waals surface area contributed by atoms with E-state index in [0.29, 0.717) is 23.4 Å². The second-order valence-electron chi connectivity index (χ2n) is 7.19. The molecule has 0 aliphatic rings. The van der Waals surface area contributed by atoms with Gasteiger partial charge in [0.05, 0.1) is 12.1 Å². The van der Waals surface area contributed by atoms with E-state index in [0.717, 1.165) is 16.5 Å². The van der Waals surface area contributed by atoms with Gasteiger partial charge < -0.3 is 9.88 Å². The first kappa shape index (κ1) is 17.9. The van der Waals surface area contributed by atoms with Crippen molar-refractivity contribution in [1.29, 1.82) is 0 Å². The van der Waals surface area contributed by atoms with Crippen LogP contribution in [0.25, 0.3) is 16.6 Å². The average Bonchev–Trinajstić information content (AvgIpc) is 3.26. The number of nitrogens with zero attached hydrogens (tertiary/aromatic N) is 4. The highest BCUT2D eigenvalue weighted by molar-refractivity contribution is 6.13. The molecule has 0 bridgehead atoms. The molecule has 0 atom stereocenters. The Labute approximate surface area is 171 Å². The van der Waals surface area contributed by atoms with Crippen molar-refractivity contribution >= 4 is 28.1 Å². The minimum atomic E-state index is -0.198. The molecule has 0 saturated carbocycles. The molecule has 0 aliphatic carbocycles. The minimum Gasteiger partial charge on any atom is -0.350 e. The largest absolute Gasteiger partial charge is 0.350 e. The molecule has 3 heterocycles. The summed E-state index contributed by atoms with van der Waals surface area (Å²) in [5, 5.41) is 8.23. The lowest BCUT2D eigenvalue weighted by Crippen LogP contribution is -2.21. The van der Waals surface area contributed by atoms with Crippen LogP contribution in [0.1, 0.15) is 15.9 Å². The lowest BCUT2D eigenvalue weighted by atomic mass is 10.1. The van der Waals surface area contributed by atoms with Crippen molar-refractivity contribution in [3.05, 3.63) is 101 Å². The van der Waals surface area contributed by atoms with Crippen LogP contribution < -0.4 is 11.0 Å². The van der Waals surface area contributed by atoms with E-state index in [1.807, 2.05) is 72.4 Å². The van der Waals surface area contributed by atoms with Crippen LogP contribution in [0.2, 0.25) is 0 Å². The molecular formula is C23H19N5O2. The molecule has 5 rings (SSSR count). The molecule has 7 heteroatoms. The van der Waals surface area contributed by atoms with Crippen LogP contribution in [0, 0.1) is 0 Å². The van der Waals surface area contributed by atoms with Crippen LogP contribution in [0.5, 0.6) is 0 Å². The molecule has 3 aromatic heterocycles. The van der Waals surface area contributed by atoms with Gasteiger partial charge in [0, 0.05) is 36.0 Å². The third kappa shape index (κ3) is 3.06. The predicted octanol–water partition coefficient (Wildman–Crippen LogP) is 3.29. The zero-order valence-electron chi connectivity index (χ0n) is 16.3. The van der Waals surface area contributed by atoms with Crippen LogP contribution >= 0.6 is 0 Å². The van der Waals surface area contributed by atoms with Gasteiger partial charge in [0.15, 0.2) is 5.65 Å². The van der Waals surface area contributed by atoms with Gasteiger partial charge in [-0.1, -0.05) is 36.4 Å². The SMILES string of the molecule is Cn1cc(C(=O)Nc2cccc(Cn3nc4ccccn4c3=O)c2)c2ccccc21. The van der Waals surface area contributed by atoms with Gasteiger partial charge in [-0.05, 0) is 35.9 Å². The fraction of sp³-hybridized carbons (Fsp3) is 0.0870. The number of hydrogen-bond donors (Lipinski definition) is 1. The summed E-state index contributed by atoms with van der Waals surface area (Å²) in [5.74, 6) is -0.172. The van der Waals surface area contributed by atoms with Gasteiger partial charge in [-0.2, -0.15) is 0 Å². The standard InChI is InChI=1S/C23H19N5O2/c1-26-15-19(18-9-2-3-10-20(18)26)22(29)24-17-8-6-7-16(13-17)14-28-23(30)27-12-5-4-11-21(27)25-28/h2-13,15H,14H2,1H3,(H,24,29). The number of aryl methyl sites for hydroxylation is 1. The summed E-state index contributed by atoms with van der Waals surface area (Å²) in [6.45, 7) is 0.318. The molecule has 0 saturated heterocycles. The molecule has 0 aliphatic heterocycles. The highest BCUT2D eigenvalue weighted by Gasteiger charge is 2.14. The Balaban J connectivity index is 1.41. The second kappa shape index (κ2) is 7.04. The van der Waals surface area contributed by atoms with Gasteiger partial charge in [0.25, 0.3) is 5.91 Å². The first-order valence-electron chi connectivity index (χ1n) is 9.59. The molecule has 0 radical (unpaired) electrons. The summed E-state index contributed by atoms with van der Waals surface area (Å²) in [6, 6.07) is 20.7. The fourth-order valence-electron chi connectivity index (χ4n) is 3.71. The maximum atomic E-state index is 12.9. The lowest BCUT2D eigenvalue weighted by Gasteiger charge is -2.07. The van der Waals surface area contributed by atoms with E-state index in [4.69, 9.17) is 0 Å². The molecule has 2 aromatic carbocycles. The van der Waals surface area contributed by atoms with E-state index in [1.165, 1.54) is 9.08 Å². The van der Waals surface area contributed by atoms with Crippen molar-refractivity contribution in [2.24, 2.45) is 7.05 Å². The van der Waals surface area contributed by atoms with Crippen LogP contribution in [-0.4, -0.2) is 24.7 Å². The minimum absolute atomic E-state index is 0.172. The van der Waals surface area contributed by atoms with Crippen molar-refractivity contribution in [2.75, 3.05) is 5.32 Å². The number of aromatic nitrogens is 4. The molecule has 5 aromatic rings. The van der Waals surface area contributed by atoms with Crippen LogP contribution in [-0.2, 0) is 13.6 Å². The number of pyridine rings is 1. The second-order valence-corrected chi connectivity index (χ2v) is 7.19. The number of amides is 1. The normalized spacial score (nSPS) is 11.2. The summed E-state index contributed by atoms with van der Waals surface area (Å²) in [7, 11) is 1.92. The Bertz CT molecular complexity index is 1460. The molecule has 0 unspecified atom stereocenters. The Kier molecular flexibility index (Phi) is 4.21. The molecule has 148 valence electrons. The maximum absolute atomic E-state index is 12.9. The van der Waals surface area contributed by atoms with E-state index >= 15 is 0 Å². The molecular weight excluding hydrogens is 378 g/mol. The van der Waals surface area contributed by atoms with Gasteiger partial charge in [-0.15, -0.1) is 5.10 Å². The smallest absolute Gasteiger partial charge is 0.350 e. The number of fused-ring (bicyclic) bond motifs is 2. The predicted molar refractivity (Wildman–Crippen MR) is 116 cm³/mol. The number of rotatable bonds is 4. The first-order valence-corrected chi connectivity index (χ1v) is 9.59. The molecule has 0 fully saturated rings. The van der Waals surface area contributed by atoms with E-state index in [1.54, 1.807) is 18.3 Å². The zero-order chi connectivity index (χ0) is 20.7. The highest BCUT2D eigenvalue weighted by atomic mass is 16.2. The number of anilines is 1. The van der Waals surface area contributed by atoms with Crippen molar-refractivity contribution in [3.8, 4) is 0 Å². The number of benzene rings is 2. The summed E-state index contributed by atoms with van der Waals surface area (Å²) in [6.07, 6.45) is 3.53. The summed E-state index contributed by atoms with van der Waals surface area (Å²) in [4.78, 5) is 25.4. The molecule has 1 N–H and O–H groups in total. The van der Waals surface area contributed by atoms with E-state index in [-0.39, 0.29) is 11.6 Å². The third-order valence-corrected chi connectivity index (χ3v) is 5.15. The Morgan fingerprint density at radius 3 is 2.73 bits per heavy atom. The van der Waals surface area contributed by atoms with Gasteiger partial charge in [0.1, 0.15) is 0 Å². The van der Waals surface area contributed by atoms with E-state index in [9.17, 15) is 9.59 Å². The number of hydrogen-bond acceptors (Lipinski definition) is 3.